The van der Waals surface area contributed by atoms with Crippen LogP contribution in [0.2, 0.25) is 0 Å². The molecule has 0 saturated carbocycles. The van der Waals surface area contributed by atoms with E-state index in [9.17, 15) is 19.2 Å². The predicted molar refractivity (Wildman–Crippen MR) is 68.3 cm³/mol. The molecular weight excluding hydrogens is 274 g/mol. The van der Waals surface area contributed by atoms with Crippen LogP contribution < -0.4 is 5.73 Å². The van der Waals surface area contributed by atoms with E-state index in [2.05, 4.69) is 0 Å². The van der Waals surface area contributed by atoms with Gasteiger partial charge < -0.3 is 26.2 Å². The standard InChI is InChI=1S/C4H7NO4.C4H8O2.C3H6O2/c5-2(4(8)9)1-3(6)7;1-2-3-4(5)6;1-2-3(4)5/h2H,1,5H2,(H,6,7)(H,8,9);2-3H2,1H3,(H,5,6);2H2,1H3,(H,4,5)/t2-;;/m0../s1. The van der Waals surface area contributed by atoms with Crippen molar-refractivity contribution in [3.63, 3.8) is 0 Å². The maximum absolute atomic E-state index is 9.85. The minimum Gasteiger partial charge on any atom is -0.481 e. The van der Waals surface area contributed by atoms with Crippen molar-refractivity contribution in [3.05, 3.63) is 0 Å². The Kier molecular flexibility index (Phi) is 17.1. The van der Waals surface area contributed by atoms with Crippen molar-refractivity contribution in [2.75, 3.05) is 0 Å². The molecule has 0 fully saturated rings. The highest BCUT2D eigenvalue weighted by Gasteiger charge is 2.14. The summed E-state index contributed by atoms with van der Waals surface area (Å²) in [5, 5.41) is 31.7. The smallest absolute Gasteiger partial charge is 0.321 e. The molecule has 0 unspecified atom stereocenters. The molecule has 0 saturated heterocycles. The molecule has 1 atom stereocenters. The highest BCUT2D eigenvalue weighted by Crippen LogP contribution is 1.86. The number of aliphatic carboxylic acids is 4. The minimum atomic E-state index is -1.29. The lowest BCUT2D eigenvalue weighted by molar-refractivity contribution is -0.144. The molecule has 0 radical (unpaired) electrons. The average Bonchev–Trinajstić information content (AvgIpc) is 2.29. The molecule has 0 spiro atoms. The Bertz CT molecular complexity index is 316. The van der Waals surface area contributed by atoms with Crippen molar-refractivity contribution in [3.8, 4) is 0 Å². The maximum Gasteiger partial charge on any atom is 0.321 e. The summed E-state index contributed by atoms with van der Waals surface area (Å²) >= 11 is 0. The molecular formula is C11H21NO8. The Morgan fingerprint density at radius 1 is 0.900 bits per heavy atom. The van der Waals surface area contributed by atoms with Crippen molar-refractivity contribution in [1.29, 1.82) is 0 Å². The summed E-state index contributed by atoms with van der Waals surface area (Å²) in [5.74, 6) is -3.95. The summed E-state index contributed by atoms with van der Waals surface area (Å²) < 4.78 is 0. The van der Waals surface area contributed by atoms with Crippen LogP contribution in [0.25, 0.3) is 0 Å². The Morgan fingerprint density at radius 2 is 1.30 bits per heavy atom. The monoisotopic (exact) mass is 295 g/mol. The van der Waals surface area contributed by atoms with Crippen LogP contribution in [0.1, 0.15) is 39.5 Å². The van der Waals surface area contributed by atoms with E-state index < -0.39 is 36.3 Å². The van der Waals surface area contributed by atoms with Crippen LogP contribution in [0.4, 0.5) is 0 Å². The third kappa shape index (κ3) is 29.7. The molecule has 0 aromatic rings. The van der Waals surface area contributed by atoms with Crippen LogP contribution >= 0.6 is 0 Å². The lowest BCUT2D eigenvalue weighted by Crippen LogP contribution is -2.32. The van der Waals surface area contributed by atoms with Gasteiger partial charge in [-0.25, -0.2) is 0 Å². The van der Waals surface area contributed by atoms with Gasteiger partial charge in [0, 0.05) is 12.8 Å². The first kappa shape index (κ1) is 23.0. The maximum atomic E-state index is 9.85. The van der Waals surface area contributed by atoms with Crippen molar-refractivity contribution in [1.82, 2.24) is 0 Å². The first-order valence-corrected chi connectivity index (χ1v) is 5.72. The fourth-order valence-corrected chi connectivity index (χ4v) is 0.489. The number of hydrogen-bond donors (Lipinski definition) is 5. The van der Waals surface area contributed by atoms with E-state index >= 15 is 0 Å². The molecule has 0 heterocycles. The molecule has 0 aliphatic carbocycles. The van der Waals surface area contributed by atoms with Gasteiger partial charge in [0.1, 0.15) is 6.04 Å². The molecule has 6 N–H and O–H groups in total. The molecule has 0 rings (SSSR count). The average molecular weight is 295 g/mol. The molecule has 20 heavy (non-hydrogen) atoms. The fourth-order valence-electron chi connectivity index (χ4n) is 0.489. The van der Waals surface area contributed by atoms with Gasteiger partial charge in [0.2, 0.25) is 0 Å². The van der Waals surface area contributed by atoms with E-state index in [0.717, 1.165) is 6.42 Å². The highest BCUT2D eigenvalue weighted by atomic mass is 16.4. The topological polar surface area (TPSA) is 175 Å². The quantitative estimate of drug-likeness (QED) is 0.459. The summed E-state index contributed by atoms with van der Waals surface area (Å²) in [4.78, 5) is 38.6. The van der Waals surface area contributed by atoms with Crippen molar-refractivity contribution < 1.29 is 39.6 Å². The van der Waals surface area contributed by atoms with E-state index in [4.69, 9.17) is 26.2 Å². The second-order valence-electron chi connectivity index (χ2n) is 3.43. The van der Waals surface area contributed by atoms with Crippen LogP contribution in [0.15, 0.2) is 0 Å². The van der Waals surface area contributed by atoms with E-state index in [1.54, 1.807) is 6.92 Å². The van der Waals surface area contributed by atoms with Gasteiger partial charge in [-0.05, 0) is 6.42 Å². The van der Waals surface area contributed by atoms with Crippen LogP contribution in [0.3, 0.4) is 0 Å². The van der Waals surface area contributed by atoms with Crippen LogP contribution in [0, 0.1) is 0 Å². The third-order valence-corrected chi connectivity index (χ3v) is 1.48. The molecule has 0 bridgehead atoms. The lowest BCUT2D eigenvalue weighted by Gasteiger charge is -1.99. The summed E-state index contributed by atoms with van der Waals surface area (Å²) in [6, 6.07) is -1.29. The van der Waals surface area contributed by atoms with Crippen molar-refractivity contribution in [2.24, 2.45) is 5.73 Å². The molecule has 0 aromatic heterocycles. The molecule has 9 heteroatoms. The SMILES string of the molecule is CCC(=O)O.CCCC(=O)O.N[C@@H](CC(=O)O)C(=O)O. The Labute approximate surface area is 116 Å². The molecule has 0 aliphatic heterocycles. The van der Waals surface area contributed by atoms with Gasteiger partial charge >= 0.3 is 23.9 Å². The summed E-state index contributed by atoms with van der Waals surface area (Å²) in [5.41, 5.74) is 4.84. The third-order valence-electron chi connectivity index (χ3n) is 1.48. The van der Waals surface area contributed by atoms with E-state index in [1.807, 2.05) is 6.92 Å². The van der Waals surface area contributed by atoms with Gasteiger partial charge in [-0.2, -0.15) is 0 Å². The van der Waals surface area contributed by atoms with Gasteiger partial charge in [0.25, 0.3) is 0 Å². The van der Waals surface area contributed by atoms with Crippen LogP contribution in [-0.2, 0) is 19.2 Å². The Balaban J connectivity index is -0.000000230. The molecule has 0 amide bonds. The number of nitrogens with two attached hydrogens (primary N) is 1. The van der Waals surface area contributed by atoms with Gasteiger partial charge in [-0.3, -0.25) is 19.2 Å². The number of rotatable bonds is 6. The van der Waals surface area contributed by atoms with Gasteiger partial charge in [-0.15, -0.1) is 0 Å². The second kappa shape index (κ2) is 14.9. The first-order chi connectivity index (χ1) is 9.08. The van der Waals surface area contributed by atoms with Crippen molar-refractivity contribution in [2.45, 2.75) is 45.6 Å². The number of carbonyl (C=O) groups is 4. The number of hydrogen-bond acceptors (Lipinski definition) is 5. The summed E-state index contributed by atoms with van der Waals surface area (Å²) in [6.07, 6.45) is 0.713. The normalized spacial score (nSPS) is 9.95. The minimum absolute atomic E-state index is 0.222. The molecule has 0 aliphatic rings. The Morgan fingerprint density at radius 3 is 1.35 bits per heavy atom. The number of carboxylic acid groups (broad SMARTS) is 4. The van der Waals surface area contributed by atoms with Gasteiger partial charge in [0.05, 0.1) is 6.42 Å². The summed E-state index contributed by atoms with van der Waals surface area (Å²) in [6.45, 7) is 3.44. The lowest BCUT2D eigenvalue weighted by atomic mass is 10.2. The fraction of sp³-hybridized carbons (Fsp3) is 0.636. The molecule has 9 nitrogen and oxygen atoms in total. The molecule has 118 valence electrons. The second-order valence-corrected chi connectivity index (χ2v) is 3.43. The molecule has 0 aromatic carbocycles. The number of carboxylic acids is 4. The van der Waals surface area contributed by atoms with Crippen LogP contribution in [0.5, 0.6) is 0 Å². The zero-order chi connectivity index (χ0) is 16.7. The van der Waals surface area contributed by atoms with Crippen molar-refractivity contribution >= 4 is 23.9 Å². The first-order valence-electron chi connectivity index (χ1n) is 5.72. The van der Waals surface area contributed by atoms with E-state index in [1.165, 1.54) is 0 Å². The zero-order valence-corrected chi connectivity index (χ0v) is 11.4. The van der Waals surface area contributed by atoms with Crippen LogP contribution in [-0.4, -0.2) is 50.3 Å². The van der Waals surface area contributed by atoms with E-state index in [-0.39, 0.29) is 6.42 Å². The van der Waals surface area contributed by atoms with E-state index in [0.29, 0.717) is 6.42 Å². The largest absolute Gasteiger partial charge is 0.481 e. The zero-order valence-electron chi connectivity index (χ0n) is 11.4. The Hall–Kier alpha value is -2.16. The highest BCUT2D eigenvalue weighted by molar-refractivity contribution is 5.80. The summed E-state index contributed by atoms with van der Waals surface area (Å²) in [7, 11) is 0. The van der Waals surface area contributed by atoms with Gasteiger partial charge in [0.15, 0.2) is 0 Å². The predicted octanol–water partition coefficient (Wildman–Crippen LogP) is 0.225. The van der Waals surface area contributed by atoms with Gasteiger partial charge in [-0.1, -0.05) is 13.8 Å².